The normalized spacial score (nSPS) is 18.7. The number of halogens is 1. The number of rotatable bonds is 3. The maximum atomic E-state index is 8.83. The lowest BCUT2D eigenvalue weighted by molar-refractivity contribution is 0.262. The van der Waals surface area contributed by atoms with E-state index in [4.69, 9.17) is 26.3 Å². The SMILES string of the molecule is N#Cc1c(Cl)cccc1OC[C@H]1CO1. The van der Waals surface area contributed by atoms with Gasteiger partial charge in [0.1, 0.15) is 30.1 Å². The lowest BCUT2D eigenvalue weighted by atomic mass is 10.2. The summed E-state index contributed by atoms with van der Waals surface area (Å²) < 4.78 is 10.4. The van der Waals surface area contributed by atoms with Gasteiger partial charge in [0.2, 0.25) is 0 Å². The van der Waals surface area contributed by atoms with Gasteiger partial charge in [-0.2, -0.15) is 5.26 Å². The van der Waals surface area contributed by atoms with Crippen LogP contribution in [-0.4, -0.2) is 19.3 Å². The molecule has 1 aromatic carbocycles. The highest BCUT2D eigenvalue weighted by molar-refractivity contribution is 6.31. The van der Waals surface area contributed by atoms with Crippen LogP contribution in [-0.2, 0) is 4.74 Å². The first kappa shape index (κ1) is 9.32. The van der Waals surface area contributed by atoms with Crippen LogP contribution >= 0.6 is 11.6 Å². The van der Waals surface area contributed by atoms with Crippen LogP contribution in [0.1, 0.15) is 5.56 Å². The third-order valence-electron chi connectivity index (χ3n) is 1.91. The quantitative estimate of drug-likeness (QED) is 0.716. The van der Waals surface area contributed by atoms with Crippen molar-refractivity contribution >= 4 is 11.6 Å². The Labute approximate surface area is 86.8 Å². The van der Waals surface area contributed by atoms with E-state index in [0.717, 1.165) is 6.61 Å². The van der Waals surface area contributed by atoms with E-state index >= 15 is 0 Å². The van der Waals surface area contributed by atoms with Crippen molar-refractivity contribution in [3.05, 3.63) is 28.8 Å². The fraction of sp³-hybridized carbons (Fsp3) is 0.300. The largest absolute Gasteiger partial charge is 0.489 e. The van der Waals surface area contributed by atoms with Crippen molar-refractivity contribution in [3.8, 4) is 11.8 Å². The molecule has 4 heteroatoms. The zero-order valence-corrected chi connectivity index (χ0v) is 8.12. The van der Waals surface area contributed by atoms with Gasteiger partial charge in [0.15, 0.2) is 0 Å². The predicted molar refractivity (Wildman–Crippen MR) is 51.4 cm³/mol. The van der Waals surface area contributed by atoms with Gasteiger partial charge in [0.25, 0.3) is 0 Å². The third kappa shape index (κ3) is 1.98. The fourth-order valence-electron chi connectivity index (χ4n) is 1.08. The van der Waals surface area contributed by atoms with Gasteiger partial charge in [0.05, 0.1) is 11.6 Å². The summed E-state index contributed by atoms with van der Waals surface area (Å²) >= 11 is 5.83. The molecule has 2 rings (SSSR count). The first-order valence-electron chi connectivity index (χ1n) is 4.24. The molecule has 1 fully saturated rings. The molecule has 1 aliphatic rings. The Morgan fingerprint density at radius 2 is 2.43 bits per heavy atom. The minimum absolute atomic E-state index is 0.181. The van der Waals surface area contributed by atoms with Crippen LogP contribution in [0.3, 0.4) is 0 Å². The van der Waals surface area contributed by atoms with Crippen LogP contribution in [0, 0.1) is 11.3 Å². The van der Waals surface area contributed by atoms with Crippen LogP contribution in [0.15, 0.2) is 18.2 Å². The van der Waals surface area contributed by atoms with Crippen molar-refractivity contribution in [2.45, 2.75) is 6.10 Å². The van der Waals surface area contributed by atoms with Crippen molar-refractivity contribution in [1.82, 2.24) is 0 Å². The summed E-state index contributed by atoms with van der Waals surface area (Å²) in [5.74, 6) is 0.524. The van der Waals surface area contributed by atoms with Gasteiger partial charge in [-0.25, -0.2) is 0 Å². The van der Waals surface area contributed by atoms with E-state index in [-0.39, 0.29) is 6.10 Å². The molecule has 0 unspecified atom stereocenters. The summed E-state index contributed by atoms with van der Waals surface area (Å²) in [6, 6.07) is 7.16. The predicted octanol–water partition coefficient (Wildman–Crippen LogP) is 1.99. The van der Waals surface area contributed by atoms with Gasteiger partial charge in [-0.3, -0.25) is 0 Å². The molecule has 14 heavy (non-hydrogen) atoms. The second-order valence-electron chi connectivity index (χ2n) is 2.99. The number of hydrogen-bond acceptors (Lipinski definition) is 3. The van der Waals surface area contributed by atoms with Crippen molar-refractivity contribution in [3.63, 3.8) is 0 Å². The zero-order valence-electron chi connectivity index (χ0n) is 7.37. The molecule has 1 heterocycles. The number of nitriles is 1. The number of hydrogen-bond donors (Lipinski definition) is 0. The van der Waals surface area contributed by atoms with E-state index in [2.05, 4.69) is 0 Å². The smallest absolute Gasteiger partial charge is 0.138 e. The molecule has 72 valence electrons. The molecular weight excluding hydrogens is 202 g/mol. The minimum Gasteiger partial charge on any atom is -0.489 e. The molecule has 0 aliphatic carbocycles. The highest BCUT2D eigenvalue weighted by Crippen LogP contribution is 2.26. The highest BCUT2D eigenvalue weighted by Gasteiger charge is 2.23. The molecule has 0 N–H and O–H groups in total. The molecule has 0 bridgehead atoms. The van der Waals surface area contributed by atoms with Crippen molar-refractivity contribution in [2.75, 3.05) is 13.2 Å². The van der Waals surface area contributed by atoms with Crippen LogP contribution in [0.5, 0.6) is 5.75 Å². The Bertz CT molecular complexity index is 382. The number of ether oxygens (including phenoxy) is 2. The summed E-state index contributed by atoms with van der Waals surface area (Å²) in [6.07, 6.45) is 0.181. The summed E-state index contributed by atoms with van der Waals surface area (Å²) in [5.41, 5.74) is 0.384. The van der Waals surface area contributed by atoms with Crippen molar-refractivity contribution in [2.24, 2.45) is 0 Å². The standard InChI is InChI=1S/C10H8ClNO2/c11-9-2-1-3-10(8(9)4-12)14-6-7-5-13-7/h1-3,7H,5-6H2/t7-/m1/s1. The summed E-state index contributed by atoms with van der Waals surface area (Å²) in [7, 11) is 0. The zero-order chi connectivity index (χ0) is 9.97. The Balaban J connectivity index is 2.14. The Morgan fingerprint density at radius 1 is 1.64 bits per heavy atom. The number of nitrogens with zero attached hydrogens (tertiary/aromatic N) is 1. The average Bonchev–Trinajstić information content (AvgIpc) is 2.98. The van der Waals surface area contributed by atoms with Gasteiger partial charge in [-0.1, -0.05) is 17.7 Å². The summed E-state index contributed by atoms with van der Waals surface area (Å²) in [6.45, 7) is 1.22. The molecule has 0 aromatic heterocycles. The highest BCUT2D eigenvalue weighted by atomic mass is 35.5. The third-order valence-corrected chi connectivity index (χ3v) is 2.23. The monoisotopic (exact) mass is 209 g/mol. The van der Waals surface area contributed by atoms with E-state index in [0.29, 0.717) is 22.9 Å². The van der Waals surface area contributed by atoms with Crippen LogP contribution in [0.2, 0.25) is 5.02 Å². The van der Waals surface area contributed by atoms with Gasteiger partial charge >= 0.3 is 0 Å². The molecule has 1 aromatic rings. The van der Waals surface area contributed by atoms with Gasteiger partial charge < -0.3 is 9.47 Å². The van der Waals surface area contributed by atoms with Crippen molar-refractivity contribution < 1.29 is 9.47 Å². The lowest BCUT2D eigenvalue weighted by Gasteiger charge is -2.06. The van der Waals surface area contributed by atoms with E-state index in [1.54, 1.807) is 18.2 Å². The summed E-state index contributed by atoms with van der Waals surface area (Å²) in [5, 5.41) is 9.25. The van der Waals surface area contributed by atoms with Gasteiger partial charge in [-0.15, -0.1) is 0 Å². The molecule has 1 saturated heterocycles. The van der Waals surface area contributed by atoms with E-state index < -0.39 is 0 Å². The maximum absolute atomic E-state index is 8.83. The van der Waals surface area contributed by atoms with Crippen molar-refractivity contribution in [1.29, 1.82) is 5.26 Å². The molecule has 1 aliphatic heterocycles. The van der Waals surface area contributed by atoms with Crippen LogP contribution in [0.4, 0.5) is 0 Å². The lowest BCUT2D eigenvalue weighted by Crippen LogP contribution is -2.05. The van der Waals surface area contributed by atoms with E-state index in [9.17, 15) is 0 Å². The molecule has 0 saturated carbocycles. The Kier molecular flexibility index (Phi) is 2.58. The second kappa shape index (κ2) is 3.87. The molecule has 0 spiro atoms. The average molecular weight is 210 g/mol. The topological polar surface area (TPSA) is 45.5 Å². The Morgan fingerprint density at radius 3 is 3.07 bits per heavy atom. The molecule has 3 nitrogen and oxygen atoms in total. The van der Waals surface area contributed by atoms with Gasteiger partial charge in [-0.05, 0) is 12.1 Å². The molecule has 0 radical (unpaired) electrons. The molecule has 0 amide bonds. The number of epoxide rings is 1. The minimum atomic E-state index is 0.181. The molecular formula is C10H8ClNO2. The first-order valence-corrected chi connectivity index (χ1v) is 4.62. The first-order chi connectivity index (χ1) is 6.81. The Hall–Kier alpha value is -1.24. The molecule has 1 atom stereocenters. The maximum Gasteiger partial charge on any atom is 0.138 e. The van der Waals surface area contributed by atoms with Gasteiger partial charge in [0, 0.05) is 0 Å². The number of benzene rings is 1. The summed E-state index contributed by atoms with van der Waals surface area (Å²) in [4.78, 5) is 0. The van der Waals surface area contributed by atoms with E-state index in [1.807, 2.05) is 6.07 Å². The second-order valence-corrected chi connectivity index (χ2v) is 3.40. The van der Waals surface area contributed by atoms with Crippen LogP contribution in [0.25, 0.3) is 0 Å². The fourth-order valence-corrected chi connectivity index (χ4v) is 1.29. The van der Waals surface area contributed by atoms with Crippen LogP contribution < -0.4 is 4.74 Å². The van der Waals surface area contributed by atoms with E-state index in [1.165, 1.54) is 0 Å².